The molecule has 0 aromatic heterocycles. The Morgan fingerprint density at radius 1 is 1.35 bits per heavy atom. The summed E-state index contributed by atoms with van der Waals surface area (Å²) in [7, 11) is 0. The second kappa shape index (κ2) is 4.74. The molecule has 114 valence electrons. The zero-order chi connectivity index (χ0) is 15.3. The number of rotatable bonds is 4. The summed E-state index contributed by atoms with van der Waals surface area (Å²) in [4.78, 5) is 27.5. The molecule has 1 saturated heterocycles. The van der Waals surface area contributed by atoms with Gasteiger partial charge in [-0.1, -0.05) is 20.8 Å². The quantitative estimate of drug-likeness (QED) is 0.859. The molecule has 1 heterocycles. The first-order valence-electron chi connectivity index (χ1n) is 7.81. The molecule has 0 spiro atoms. The van der Waals surface area contributed by atoms with Crippen molar-refractivity contribution in [2.75, 3.05) is 0 Å². The normalized spacial score (nSPS) is 31.8. The van der Waals surface area contributed by atoms with Gasteiger partial charge in [-0.2, -0.15) is 0 Å². The highest BCUT2D eigenvalue weighted by Gasteiger charge is 2.55. The van der Waals surface area contributed by atoms with Gasteiger partial charge < -0.3 is 10.2 Å². The van der Waals surface area contributed by atoms with Crippen LogP contribution in [0, 0.1) is 11.8 Å². The van der Waals surface area contributed by atoms with E-state index in [0.717, 1.165) is 12.8 Å². The van der Waals surface area contributed by atoms with Crippen LogP contribution in [0.3, 0.4) is 0 Å². The molecule has 2 amide bonds. The molecule has 1 N–H and O–H groups in total. The number of hydrogen-bond acceptors (Lipinski definition) is 2. The van der Waals surface area contributed by atoms with Gasteiger partial charge in [0.15, 0.2) is 0 Å². The molecule has 1 aliphatic carbocycles. The van der Waals surface area contributed by atoms with Crippen molar-refractivity contribution >= 4 is 11.8 Å². The first-order chi connectivity index (χ1) is 9.15. The summed E-state index contributed by atoms with van der Waals surface area (Å²) in [5.74, 6) is 0.728. The second-order valence-electron chi connectivity index (χ2n) is 7.47. The van der Waals surface area contributed by atoms with E-state index in [-0.39, 0.29) is 29.3 Å². The maximum absolute atomic E-state index is 13.0. The molecule has 0 aromatic rings. The van der Waals surface area contributed by atoms with Crippen molar-refractivity contribution in [3.05, 3.63) is 0 Å². The summed E-state index contributed by atoms with van der Waals surface area (Å²) in [6.45, 7) is 12.1. The Kier molecular flexibility index (Phi) is 3.64. The molecule has 0 aromatic carbocycles. The highest BCUT2D eigenvalue weighted by atomic mass is 16.2. The van der Waals surface area contributed by atoms with Crippen LogP contribution < -0.4 is 5.32 Å². The van der Waals surface area contributed by atoms with Gasteiger partial charge in [0.2, 0.25) is 11.8 Å². The standard InChI is InChI=1S/C16H28N2O2/c1-7-16(6)14(20)18(15(4,5)11-8-9-11)12(10(2)3)13(19)17-16/h10-12H,7-9H2,1-6H3,(H,17,19). The summed E-state index contributed by atoms with van der Waals surface area (Å²) >= 11 is 0. The van der Waals surface area contributed by atoms with Crippen LogP contribution in [0.2, 0.25) is 0 Å². The molecular weight excluding hydrogens is 252 g/mol. The molecule has 2 atom stereocenters. The van der Waals surface area contributed by atoms with Gasteiger partial charge in [-0.3, -0.25) is 9.59 Å². The zero-order valence-corrected chi connectivity index (χ0v) is 13.6. The van der Waals surface area contributed by atoms with Crippen LogP contribution >= 0.6 is 0 Å². The summed E-state index contributed by atoms with van der Waals surface area (Å²) in [6, 6.07) is -0.349. The SMILES string of the molecule is CCC1(C)NC(=O)C(C(C)C)N(C(C)(C)C2CC2)C1=O. The van der Waals surface area contributed by atoms with E-state index >= 15 is 0 Å². The van der Waals surface area contributed by atoms with Crippen molar-refractivity contribution in [1.82, 2.24) is 10.2 Å². The van der Waals surface area contributed by atoms with Gasteiger partial charge >= 0.3 is 0 Å². The summed E-state index contributed by atoms with van der Waals surface area (Å²) in [5.41, 5.74) is -0.991. The fraction of sp³-hybridized carbons (Fsp3) is 0.875. The van der Waals surface area contributed by atoms with Gasteiger partial charge in [-0.25, -0.2) is 0 Å². The lowest BCUT2D eigenvalue weighted by molar-refractivity contribution is -0.164. The van der Waals surface area contributed by atoms with Crippen LogP contribution in [-0.2, 0) is 9.59 Å². The molecule has 2 aliphatic rings. The first-order valence-corrected chi connectivity index (χ1v) is 7.81. The molecule has 2 unspecified atom stereocenters. The minimum Gasteiger partial charge on any atom is -0.340 e. The van der Waals surface area contributed by atoms with Crippen molar-refractivity contribution in [1.29, 1.82) is 0 Å². The average molecular weight is 280 g/mol. The fourth-order valence-corrected chi connectivity index (χ4v) is 3.36. The smallest absolute Gasteiger partial charge is 0.249 e. The number of hydrogen-bond donors (Lipinski definition) is 1. The molecule has 1 saturated carbocycles. The number of carbonyl (C=O) groups excluding carboxylic acids is 2. The van der Waals surface area contributed by atoms with E-state index in [1.807, 2.05) is 32.6 Å². The average Bonchev–Trinajstić information content (AvgIpc) is 3.16. The van der Waals surface area contributed by atoms with Crippen LogP contribution in [0.25, 0.3) is 0 Å². The topological polar surface area (TPSA) is 49.4 Å². The van der Waals surface area contributed by atoms with E-state index < -0.39 is 5.54 Å². The van der Waals surface area contributed by atoms with E-state index in [2.05, 4.69) is 19.2 Å². The lowest BCUT2D eigenvalue weighted by Crippen LogP contribution is -2.74. The lowest BCUT2D eigenvalue weighted by atomic mass is 9.82. The molecular formula is C16H28N2O2. The predicted octanol–water partition coefficient (Wildman–Crippen LogP) is 2.33. The largest absolute Gasteiger partial charge is 0.340 e. The number of nitrogens with one attached hydrogen (secondary N) is 1. The van der Waals surface area contributed by atoms with Gasteiger partial charge in [-0.15, -0.1) is 0 Å². The van der Waals surface area contributed by atoms with Crippen LogP contribution in [0.15, 0.2) is 0 Å². The third-order valence-corrected chi connectivity index (χ3v) is 5.17. The first kappa shape index (κ1) is 15.3. The van der Waals surface area contributed by atoms with Crippen LogP contribution in [0.4, 0.5) is 0 Å². The van der Waals surface area contributed by atoms with Crippen molar-refractivity contribution in [3.8, 4) is 0 Å². The van der Waals surface area contributed by atoms with E-state index in [1.165, 1.54) is 0 Å². The molecule has 1 aliphatic heterocycles. The maximum atomic E-state index is 13.0. The number of amides is 2. The number of piperazine rings is 1. The molecule has 0 radical (unpaired) electrons. The third-order valence-electron chi connectivity index (χ3n) is 5.17. The summed E-state index contributed by atoms with van der Waals surface area (Å²) < 4.78 is 0. The van der Waals surface area contributed by atoms with E-state index in [0.29, 0.717) is 12.3 Å². The van der Waals surface area contributed by atoms with Gasteiger partial charge in [0.25, 0.3) is 0 Å². The molecule has 2 fully saturated rings. The van der Waals surface area contributed by atoms with Crippen LogP contribution in [0.5, 0.6) is 0 Å². The number of nitrogens with zero attached hydrogens (tertiary/aromatic N) is 1. The Balaban J connectivity index is 2.44. The van der Waals surface area contributed by atoms with Crippen molar-refractivity contribution in [3.63, 3.8) is 0 Å². The molecule has 2 rings (SSSR count). The maximum Gasteiger partial charge on any atom is 0.249 e. The predicted molar refractivity (Wildman–Crippen MR) is 79.1 cm³/mol. The molecule has 20 heavy (non-hydrogen) atoms. The minimum absolute atomic E-state index is 0.00215. The van der Waals surface area contributed by atoms with Crippen LogP contribution in [-0.4, -0.2) is 33.8 Å². The monoisotopic (exact) mass is 280 g/mol. The van der Waals surface area contributed by atoms with Gasteiger partial charge in [0.1, 0.15) is 11.6 Å². The Hall–Kier alpha value is -1.06. The fourth-order valence-electron chi connectivity index (χ4n) is 3.36. The van der Waals surface area contributed by atoms with Crippen molar-refractivity contribution < 1.29 is 9.59 Å². The Bertz CT molecular complexity index is 426. The summed E-state index contributed by atoms with van der Waals surface area (Å²) in [5, 5.41) is 2.95. The molecule has 0 bridgehead atoms. The van der Waals surface area contributed by atoms with Crippen molar-refractivity contribution in [2.24, 2.45) is 11.8 Å². The van der Waals surface area contributed by atoms with Gasteiger partial charge in [0, 0.05) is 5.54 Å². The Morgan fingerprint density at radius 3 is 2.30 bits per heavy atom. The highest BCUT2D eigenvalue weighted by Crippen LogP contribution is 2.45. The second-order valence-corrected chi connectivity index (χ2v) is 7.47. The minimum atomic E-state index is -0.755. The van der Waals surface area contributed by atoms with Crippen molar-refractivity contribution in [2.45, 2.75) is 77.9 Å². The van der Waals surface area contributed by atoms with Gasteiger partial charge in [0.05, 0.1) is 0 Å². The number of carbonyl (C=O) groups is 2. The lowest BCUT2D eigenvalue weighted by Gasteiger charge is -2.52. The van der Waals surface area contributed by atoms with Gasteiger partial charge in [-0.05, 0) is 51.9 Å². The Labute approximate surface area is 122 Å². The highest BCUT2D eigenvalue weighted by molar-refractivity contribution is 6.00. The summed E-state index contributed by atoms with van der Waals surface area (Å²) in [6.07, 6.45) is 2.94. The third kappa shape index (κ3) is 2.23. The van der Waals surface area contributed by atoms with E-state index in [1.54, 1.807) is 0 Å². The van der Waals surface area contributed by atoms with Crippen LogP contribution in [0.1, 0.15) is 60.8 Å². The van der Waals surface area contributed by atoms with E-state index in [9.17, 15) is 9.59 Å². The Morgan fingerprint density at radius 2 is 1.90 bits per heavy atom. The molecule has 4 heteroatoms. The molecule has 4 nitrogen and oxygen atoms in total. The van der Waals surface area contributed by atoms with E-state index in [4.69, 9.17) is 0 Å². The zero-order valence-electron chi connectivity index (χ0n) is 13.6.